The molecule has 16 nitrogen and oxygen atoms in total. The molecule has 0 aliphatic carbocycles. The summed E-state index contributed by atoms with van der Waals surface area (Å²) >= 11 is 5.95. The zero-order chi connectivity index (χ0) is 32.0. The van der Waals surface area contributed by atoms with Crippen molar-refractivity contribution in [3.63, 3.8) is 0 Å². The summed E-state index contributed by atoms with van der Waals surface area (Å²) in [5, 5.41) is 13.0. The lowest BCUT2D eigenvalue weighted by Crippen LogP contribution is -2.05. The molecule has 0 aliphatic heterocycles. The van der Waals surface area contributed by atoms with Gasteiger partial charge in [-0.3, -0.25) is 13.7 Å². The van der Waals surface area contributed by atoms with E-state index in [4.69, 9.17) is 11.6 Å². The molecule has 1 heterocycles. The Labute approximate surface area is 254 Å². The number of fused-ring (bicyclic) bond motifs is 2. The number of azo groups is 1. The van der Waals surface area contributed by atoms with Crippen molar-refractivity contribution in [1.29, 1.82) is 0 Å². The van der Waals surface area contributed by atoms with Gasteiger partial charge in [0, 0.05) is 28.6 Å². The summed E-state index contributed by atoms with van der Waals surface area (Å²) in [6.45, 7) is 0. The van der Waals surface area contributed by atoms with Crippen LogP contribution in [0.5, 0.6) is 0 Å². The number of rotatable bonds is 8. The van der Waals surface area contributed by atoms with Crippen molar-refractivity contribution in [1.82, 2.24) is 15.0 Å². The minimum Gasteiger partial charge on any atom is -0.357 e. The molecule has 5 rings (SSSR count). The number of halogens is 1. The van der Waals surface area contributed by atoms with Crippen molar-refractivity contribution in [2.75, 3.05) is 17.7 Å². The number of aromatic nitrogens is 3. The molecule has 0 fully saturated rings. The van der Waals surface area contributed by atoms with E-state index >= 15 is 0 Å². The van der Waals surface area contributed by atoms with Crippen LogP contribution in [0.1, 0.15) is 0 Å². The van der Waals surface area contributed by atoms with Gasteiger partial charge >= 0.3 is 0 Å². The van der Waals surface area contributed by atoms with Gasteiger partial charge in [0.25, 0.3) is 30.4 Å². The van der Waals surface area contributed by atoms with Crippen molar-refractivity contribution in [3.05, 3.63) is 65.9 Å². The van der Waals surface area contributed by atoms with Crippen molar-refractivity contribution >= 4 is 92.5 Å². The molecular formula is C24H18ClN7O9S3. The van der Waals surface area contributed by atoms with E-state index in [0.29, 0.717) is 0 Å². The largest absolute Gasteiger partial charge is 0.357 e. The summed E-state index contributed by atoms with van der Waals surface area (Å²) < 4.78 is 102. The molecule has 1 aromatic heterocycles. The van der Waals surface area contributed by atoms with Gasteiger partial charge in [-0.2, -0.15) is 45.3 Å². The Kier molecular flexibility index (Phi) is 7.97. The Balaban J connectivity index is 1.71. The van der Waals surface area contributed by atoms with Crippen LogP contribution in [0, 0.1) is 0 Å². The average molecular weight is 680 g/mol. The molecule has 20 heteroatoms. The van der Waals surface area contributed by atoms with Crippen LogP contribution in [-0.2, 0) is 30.4 Å². The standard InChI is InChI=1S/C24H18ClN7O9S3/c1-26-23-28-22(25)29-24(30-23)27-17-9-8-16(14-5-3-7-19(21(14)17)43(36,37)38)32-31-12-10-15-13(20(11-12)44(39,40)41)4-2-6-18(15)42(33,34)35/h2-11H,1H3,(H,33,34,35)(H,36,37,38)(H,39,40,41)(H2,26,27,28,29,30). The molecule has 5 aromatic rings. The number of anilines is 3. The zero-order valence-electron chi connectivity index (χ0n) is 21.9. The Morgan fingerprint density at radius 1 is 0.682 bits per heavy atom. The molecule has 4 aromatic carbocycles. The fraction of sp³-hybridized carbons (Fsp3) is 0.0417. The summed E-state index contributed by atoms with van der Waals surface area (Å²) in [7, 11) is -13.0. The van der Waals surface area contributed by atoms with Crippen LogP contribution < -0.4 is 10.6 Å². The van der Waals surface area contributed by atoms with Gasteiger partial charge in [0.1, 0.15) is 14.7 Å². The first-order valence-electron chi connectivity index (χ1n) is 11.9. The highest BCUT2D eigenvalue weighted by Gasteiger charge is 2.22. The second-order valence-corrected chi connectivity index (χ2v) is 13.4. The summed E-state index contributed by atoms with van der Waals surface area (Å²) in [6, 6.07) is 12.2. The predicted octanol–water partition coefficient (Wildman–Crippen LogP) is 4.77. The van der Waals surface area contributed by atoms with Crippen LogP contribution in [0.2, 0.25) is 5.28 Å². The van der Waals surface area contributed by atoms with Crippen LogP contribution in [0.15, 0.2) is 85.6 Å². The molecule has 0 radical (unpaired) electrons. The van der Waals surface area contributed by atoms with Crippen LogP contribution in [-0.4, -0.2) is 60.9 Å². The molecule has 0 bridgehead atoms. The molecule has 0 saturated carbocycles. The van der Waals surface area contributed by atoms with Crippen LogP contribution in [0.25, 0.3) is 21.5 Å². The third kappa shape index (κ3) is 6.28. The number of nitrogens with one attached hydrogen (secondary N) is 2. The molecule has 0 amide bonds. The van der Waals surface area contributed by atoms with Crippen molar-refractivity contribution in [2.24, 2.45) is 10.2 Å². The Morgan fingerprint density at radius 2 is 1.30 bits per heavy atom. The second kappa shape index (κ2) is 11.3. The maximum atomic E-state index is 12.3. The van der Waals surface area contributed by atoms with Crippen LogP contribution in [0.4, 0.5) is 29.0 Å². The summed E-state index contributed by atoms with van der Waals surface area (Å²) in [5.74, 6) is 0.0349. The maximum absolute atomic E-state index is 12.3. The lowest BCUT2D eigenvalue weighted by atomic mass is 10.1. The second-order valence-electron chi connectivity index (χ2n) is 8.86. The van der Waals surface area contributed by atoms with Gasteiger partial charge in [0.05, 0.1) is 17.1 Å². The predicted molar refractivity (Wildman–Crippen MR) is 159 cm³/mol. The molecule has 0 atom stereocenters. The summed E-state index contributed by atoms with van der Waals surface area (Å²) in [4.78, 5) is 10.1. The number of hydrogen-bond acceptors (Lipinski definition) is 13. The van der Waals surface area contributed by atoms with E-state index in [9.17, 15) is 38.9 Å². The van der Waals surface area contributed by atoms with Gasteiger partial charge in [-0.15, -0.1) is 5.11 Å². The van der Waals surface area contributed by atoms with Gasteiger partial charge < -0.3 is 10.6 Å². The molecule has 44 heavy (non-hydrogen) atoms. The van der Waals surface area contributed by atoms with E-state index in [-0.39, 0.29) is 55.8 Å². The lowest BCUT2D eigenvalue weighted by Gasteiger charge is -2.13. The van der Waals surface area contributed by atoms with Gasteiger partial charge in [-0.25, -0.2) is 0 Å². The smallest absolute Gasteiger partial charge is 0.295 e. The number of hydrogen-bond donors (Lipinski definition) is 5. The summed E-state index contributed by atoms with van der Waals surface area (Å²) in [5.41, 5.74) is -0.118. The Bertz CT molecular complexity index is 2350. The fourth-order valence-electron chi connectivity index (χ4n) is 4.32. The van der Waals surface area contributed by atoms with Gasteiger partial charge in [-0.05, 0) is 48.0 Å². The zero-order valence-corrected chi connectivity index (χ0v) is 25.1. The molecular weight excluding hydrogens is 662 g/mol. The van der Waals surface area contributed by atoms with E-state index in [1.165, 1.54) is 36.4 Å². The average Bonchev–Trinajstić information content (AvgIpc) is 2.93. The molecule has 5 N–H and O–H groups in total. The number of benzene rings is 4. The quantitative estimate of drug-likeness (QED) is 0.109. The van der Waals surface area contributed by atoms with Gasteiger partial charge in [0.2, 0.25) is 17.2 Å². The minimum absolute atomic E-state index is 0.0252. The highest BCUT2D eigenvalue weighted by molar-refractivity contribution is 7.86. The van der Waals surface area contributed by atoms with Crippen molar-refractivity contribution in [2.45, 2.75) is 14.7 Å². The normalized spacial score (nSPS) is 12.7. The molecule has 0 spiro atoms. The van der Waals surface area contributed by atoms with E-state index in [1.54, 1.807) is 7.05 Å². The monoisotopic (exact) mass is 679 g/mol. The van der Waals surface area contributed by atoms with Gasteiger partial charge in [0.15, 0.2) is 0 Å². The van der Waals surface area contributed by atoms with Crippen LogP contribution in [0.3, 0.4) is 0 Å². The third-order valence-electron chi connectivity index (χ3n) is 6.07. The van der Waals surface area contributed by atoms with E-state index in [0.717, 1.165) is 24.3 Å². The van der Waals surface area contributed by atoms with Crippen molar-refractivity contribution < 1.29 is 38.9 Å². The topological polar surface area (TPSA) is 251 Å². The van der Waals surface area contributed by atoms with Crippen molar-refractivity contribution in [3.8, 4) is 0 Å². The highest BCUT2D eigenvalue weighted by Crippen LogP contribution is 2.39. The fourth-order valence-corrected chi connectivity index (χ4v) is 6.63. The first-order valence-corrected chi connectivity index (χ1v) is 16.6. The molecule has 228 valence electrons. The summed E-state index contributed by atoms with van der Waals surface area (Å²) in [6.07, 6.45) is 0. The van der Waals surface area contributed by atoms with E-state index in [1.807, 2.05) is 0 Å². The lowest BCUT2D eigenvalue weighted by molar-refractivity contribution is 0.481. The van der Waals surface area contributed by atoms with E-state index in [2.05, 4.69) is 35.8 Å². The van der Waals surface area contributed by atoms with Gasteiger partial charge in [-0.1, -0.05) is 24.3 Å². The number of nitrogens with zero attached hydrogens (tertiary/aromatic N) is 5. The Hall–Kier alpha value is -4.37. The SMILES string of the molecule is CNc1nc(Cl)nc(Nc2ccc(N=Nc3cc(S(=O)(=O)O)c4cccc(S(=O)(=O)O)c4c3)c3cccc(S(=O)(=O)O)c23)n1. The minimum atomic E-state index is -4.91. The van der Waals surface area contributed by atoms with E-state index < -0.39 is 45.0 Å². The third-order valence-corrected chi connectivity index (χ3v) is 8.94. The van der Waals surface area contributed by atoms with Crippen LogP contribution >= 0.6 is 11.6 Å². The first kappa shape index (κ1) is 31.1. The first-order chi connectivity index (χ1) is 20.6. The molecule has 0 saturated heterocycles. The Morgan fingerprint density at radius 3 is 1.93 bits per heavy atom. The highest BCUT2D eigenvalue weighted by atomic mass is 35.5. The maximum Gasteiger partial charge on any atom is 0.295 e. The molecule has 0 unspecified atom stereocenters. The molecule has 0 aliphatic rings.